The van der Waals surface area contributed by atoms with Gasteiger partial charge < -0.3 is 15.5 Å². The van der Waals surface area contributed by atoms with Crippen LogP contribution in [0.25, 0.3) is 0 Å². The number of phenolic OH excluding ortho intramolecular Hbond substituents is 2. The topological polar surface area (TPSA) is 52.5 Å². The molecule has 1 atom stereocenters. The van der Waals surface area contributed by atoms with E-state index in [1.54, 1.807) is 12.1 Å². The number of benzene rings is 2. The van der Waals surface area contributed by atoms with Gasteiger partial charge in [-0.25, -0.2) is 0 Å². The minimum absolute atomic E-state index is 0.301. The van der Waals surface area contributed by atoms with Crippen molar-refractivity contribution in [3.8, 4) is 11.5 Å². The molecule has 98 valence electrons. The second-order valence-corrected chi connectivity index (χ2v) is 4.98. The van der Waals surface area contributed by atoms with Crippen molar-refractivity contribution < 1.29 is 10.2 Å². The van der Waals surface area contributed by atoms with Gasteiger partial charge in [-0.15, -0.1) is 0 Å². The number of phenols is 2. The Morgan fingerprint density at radius 3 is 2.79 bits per heavy atom. The molecule has 0 radical (unpaired) electrons. The minimum atomic E-state index is 0.301. The van der Waals surface area contributed by atoms with E-state index in [9.17, 15) is 10.2 Å². The van der Waals surface area contributed by atoms with Gasteiger partial charge in [-0.05, 0) is 42.2 Å². The Morgan fingerprint density at radius 2 is 1.95 bits per heavy atom. The van der Waals surface area contributed by atoms with E-state index in [0.717, 1.165) is 18.4 Å². The van der Waals surface area contributed by atoms with Gasteiger partial charge in [-0.2, -0.15) is 0 Å². The maximum Gasteiger partial charge on any atom is 0.120 e. The number of fused-ring (bicyclic) bond motifs is 1. The summed E-state index contributed by atoms with van der Waals surface area (Å²) in [6.07, 6.45) is 2.02. The van der Waals surface area contributed by atoms with Gasteiger partial charge in [0.1, 0.15) is 11.5 Å². The van der Waals surface area contributed by atoms with E-state index in [-0.39, 0.29) is 0 Å². The first kappa shape index (κ1) is 12.1. The molecule has 0 saturated heterocycles. The molecule has 3 rings (SSSR count). The maximum atomic E-state index is 9.74. The lowest BCUT2D eigenvalue weighted by molar-refractivity contribution is 0.456. The van der Waals surface area contributed by atoms with Crippen molar-refractivity contribution in [1.82, 2.24) is 5.32 Å². The highest BCUT2D eigenvalue weighted by Gasteiger charge is 2.22. The third kappa shape index (κ3) is 2.42. The Hall–Kier alpha value is -2.00. The highest BCUT2D eigenvalue weighted by atomic mass is 16.3. The molecule has 1 aliphatic rings. The molecule has 0 saturated carbocycles. The SMILES string of the molecule is Oc1ccc2c(c1)CCC2NCc1ccccc1O. The van der Waals surface area contributed by atoms with Crippen LogP contribution >= 0.6 is 0 Å². The fourth-order valence-electron chi connectivity index (χ4n) is 2.71. The summed E-state index contributed by atoms with van der Waals surface area (Å²) in [7, 11) is 0. The summed E-state index contributed by atoms with van der Waals surface area (Å²) in [4.78, 5) is 0. The molecule has 0 aromatic heterocycles. The standard InChI is InChI=1S/C16H17NO2/c18-13-6-7-14-11(9-13)5-8-15(14)17-10-12-3-1-2-4-16(12)19/h1-4,6-7,9,15,17-19H,5,8,10H2. The van der Waals surface area contributed by atoms with Gasteiger partial charge in [0, 0.05) is 18.2 Å². The molecule has 1 unspecified atom stereocenters. The smallest absolute Gasteiger partial charge is 0.120 e. The van der Waals surface area contributed by atoms with E-state index in [1.165, 1.54) is 11.1 Å². The van der Waals surface area contributed by atoms with Gasteiger partial charge in [0.05, 0.1) is 0 Å². The van der Waals surface area contributed by atoms with Crippen molar-refractivity contribution in [2.24, 2.45) is 0 Å². The number of hydrogen-bond donors (Lipinski definition) is 3. The monoisotopic (exact) mass is 255 g/mol. The molecule has 2 aromatic carbocycles. The van der Waals surface area contributed by atoms with Crippen molar-refractivity contribution in [3.05, 3.63) is 59.2 Å². The summed E-state index contributed by atoms with van der Waals surface area (Å²) in [6, 6.07) is 13.3. The molecule has 0 fully saturated rings. The Balaban J connectivity index is 1.72. The van der Waals surface area contributed by atoms with E-state index in [0.29, 0.717) is 24.1 Å². The average molecular weight is 255 g/mol. The zero-order valence-corrected chi connectivity index (χ0v) is 10.6. The van der Waals surface area contributed by atoms with Crippen LogP contribution < -0.4 is 5.32 Å². The van der Waals surface area contributed by atoms with Crippen LogP contribution in [0.5, 0.6) is 11.5 Å². The summed E-state index contributed by atoms with van der Waals surface area (Å²) in [5.41, 5.74) is 3.39. The van der Waals surface area contributed by atoms with Crippen LogP contribution in [0.4, 0.5) is 0 Å². The Labute approximate surface area is 112 Å². The Morgan fingerprint density at radius 1 is 1.11 bits per heavy atom. The van der Waals surface area contributed by atoms with Crippen molar-refractivity contribution in [3.63, 3.8) is 0 Å². The lowest BCUT2D eigenvalue weighted by Gasteiger charge is -2.14. The first-order valence-corrected chi connectivity index (χ1v) is 6.56. The summed E-state index contributed by atoms with van der Waals surface area (Å²) >= 11 is 0. The first-order valence-electron chi connectivity index (χ1n) is 6.56. The van der Waals surface area contributed by atoms with Crippen molar-refractivity contribution in [2.45, 2.75) is 25.4 Å². The Bertz CT molecular complexity index is 595. The lowest BCUT2D eigenvalue weighted by atomic mass is 10.1. The predicted octanol–water partition coefficient (Wildman–Crippen LogP) is 2.87. The molecule has 0 amide bonds. The van der Waals surface area contributed by atoms with Gasteiger partial charge in [0.15, 0.2) is 0 Å². The molecular weight excluding hydrogens is 238 g/mol. The Kier molecular flexibility index (Phi) is 3.13. The normalized spacial score (nSPS) is 17.4. The average Bonchev–Trinajstić information content (AvgIpc) is 2.80. The van der Waals surface area contributed by atoms with Gasteiger partial charge in [0.2, 0.25) is 0 Å². The van der Waals surface area contributed by atoms with Crippen molar-refractivity contribution in [2.75, 3.05) is 0 Å². The largest absolute Gasteiger partial charge is 0.508 e. The van der Waals surface area contributed by atoms with Crippen LogP contribution in [0.15, 0.2) is 42.5 Å². The molecule has 0 aliphatic heterocycles. The minimum Gasteiger partial charge on any atom is -0.508 e. The fourth-order valence-corrected chi connectivity index (χ4v) is 2.71. The third-order valence-electron chi connectivity index (χ3n) is 3.73. The second kappa shape index (κ2) is 4.94. The van der Waals surface area contributed by atoms with Crippen LogP contribution in [0, 0.1) is 0 Å². The molecule has 19 heavy (non-hydrogen) atoms. The summed E-state index contributed by atoms with van der Waals surface area (Å²) < 4.78 is 0. The van der Waals surface area contributed by atoms with E-state index in [2.05, 4.69) is 5.32 Å². The second-order valence-electron chi connectivity index (χ2n) is 4.98. The van der Waals surface area contributed by atoms with E-state index < -0.39 is 0 Å². The van der Waals surface area contributed by atoms with Gasteiger partial charge >= 0.3 is 0 Å². The number of nitrogens with one attached hydrogen (secondary N) is 1. The van der Waals surface area contributed by atoms with Gasteiger partial charge in [-0.3, -0.25) is 0 Å². The van der Waals surface area contributed by atoms with Gasteiger partial charge in [-0.1, -0.05) is 24.3 Å². The highest BCUT2D eigenvalue weighted by Crippen LogP contribution is 2.33. The van der Waals surface area contributed by atoms with E-state index in [1.807, 2.05) is 30.3 Å². The number of rotatable bonds is 3. The molecule has 3 heteroatoms. The molecular formula is C16H17NO2. The molecule has 1 aliphatic carbocycles. The maximum absolute atomic E-state index is 9.74. The zero-order chi connectivity index (χ0) is 13.2. The molecule has 3 nitrogen and oxygen atoms in total. The first-order chi connectivity index (χ1) is 9.24. The predicted molar refractivity (Wildman–Crippen MR) is 74.1 cm³/mol. The number of para-hydroxylation sites is 1. The van der Waals surface area contributed by atoms with Crippen LogP contribution in [0.1, 0.15) is 29.2 Å². The van der Waals surface area contributed by atoms with Gasteiger partial charge in [0.25, 0.3) is 0 Å². The number of hydrogen-bond acceptors (Lipinski definition) is 3. The summed E-state index contributed by atoms with van der Waals surface area (Å²) in [5, 5.41) is 22.7. The number of aromatic hydroxyl groups is 2. The quantitative estimate of drug-likeness (QED) is 0.790. The molecule has 0 spiro atoms. The van der Waals surface area contributed by atoms with Crippen molar-refractivity contribution in [1.29, 1.82) is 0 Å². The van der Waals surface area contributed by atoms with E-state index >= 15 is 0 Å². The number of aryl methyl sites for hydroxylation is 1. The summed E-state index contributed by atoms with van der Waals surface area (Å²) in [5.74, 6) is 0.666. The summed E-state index contributed by atoms with van der Waals surface area (Å²) in [6.45, 7) is 0.650. The zero-order valence-electron chi connectivity index (χ0n) is 10.6. The molecule has 2 aromatic rings. The molecule has 0 bridgehead atoms. The lowest BCUT2D eigenvalue weighted by Crippen LogP contribution is -2.18. The highest BCUT2D eigenvalue weighted by molar-refractivity contribution is 5.40. The van der Waals surface area contributed by atoms with Crippen LogP contribution in [0.2, 0.25) is 0 Å². The van der Waals surface area contributed by atoms with E-state index in [4.69, 9.17) is 0 Å². The van der Waals surface area contributed by atoms with Crippen LogP contribution in [-0.4, -0.2) is 10.2 Å². The van der Waals surface area contributed by atoms with Crippen LogP contribution in [-0.2, 0) is 13.0 Å². The van der Waals surface area contributed by atoms with Crippen molar-refractivity contribution >= 4 is 0 Å². The fraction of sp³-hybridized carbons (Fsp3) is 0.250. The molecule has 3 N–H and O–H groups in total. The third-order valence-corrected chi connectivity index (χ3v) is 3.73. The van der Waals surface area contributed by atoms with Crippen LogP contribution in [0.3, 0.4) is 0 Å². The molecule has 0 heterocycles.